The summed E-state index contributed by atoms with van der Waals surface area (Å²) in [4.78, 5) is 19.0. The van der Waals surface area contributed by atoms with Crippen molar-refractivity contribution in [3.8, 4) is 16.9 Å². The highest BCUT2D eigenvalue weighted by Crippen LogP contribution is 2.21. The van der Waals surface area contributed by atoms with Crippen LogP contribution in [0, 0.1) is 0 Å². The molecule has 0 bridgehead atoms. The lowest BCUT2D eigenvalue weighted by Gasteiger charge is -2.32. The van der Waals surface area contributed by atoms with Crippen LogP contribution in [0.25, 0.3) is 16.9 Å². The minimum Gasteiger partial charge on any atom is -0.375 e. The normalized spacial score (nSPS) is 17.1. The average Bonchev–Trinajstić information content (AvgIpc) is 3.28. The fraction of sp³-hybridized carbons (Fsp3) is 0.300. The smallest absolute Gasteiger partial charge is 0.254 e. The lowest BCUT2D eigenvalue weighted by atomic mass is 10.0. The Morgan fingerprint density at radius 3 is 2.52 bits per heavy atom. The van der Waals surface area contributed by atoms with Gasteiger partial charge in [0.2, 0.25) is 0 Å². The second kappa shape index (κ2) is 7.67. The molecule has 0 N–H and O–H groups in total. The zero-order valence-electron chi connectivity index (χ0n) is 15.2. The third kappa shape index (κ3) is 3.73. The predicted octanol–water partition coefficient (Wildman–Crippen LogP) is 2.58. The van der Waals surface area contributed by atoms with Gasteiger partial charge in [0.1, 0.15) is 18.5 Å². The summed E-state index contributed by atoms with van der Waals surface area (Å²) in [5, 5.41) is 7.57. The van der Waals surface area contributed by atoms with Crippen molar-refractivity contribution in [3.05, 3.63) is 60.8 Å². The molecule has 1 aromatic carbocycles. The van der Waals surface area contributed by atoms with Gasteiger partial charge in [-0.1, -0.05) is 19.1 Å². The van der Waals surface area contributed by atoms with Crippen LogP contribution < -0.4 is 0 Å². The van der Waals surface area contributed by atoms with Crippen LogP contribution in [0.15, 0.2) is 55.2 Å². The van der Waals surface area contributed by atoms with E-state index in [-0.39, 0.29) is 12.0 Å². The minimum atomic E-state index is 0.0596. The molecule has 2 aromatic heterocycles. The molecule has 1 saturated heterocycles. The molecule has 7 heteroatoms. The van der Waals surface area contributed by atoms with E-state index in [4.69, 9.17) is 4.74 Å². The first kappa shape index (κ1) is 17.4. The van der Waals surface area contributed by atoms with Gasteiger partial charge < -0.3 is 9.64 Å². The monoisotopic (exact) mass is 363 g/mol. The van der Waals surface area contributed by atoms with Gasteiger partial charge in [0.05, 0.1) is 12.7 Å². The van der Waals surface area contributed by atoms with Gasteiger partial charge in [0, 0.05) is 30.4 Å². The van der Waals surface area contributed by atoms with E-state index >= 15 is 0 Å². The molecule has 1 aliphatic heterocycles. The summed E-state index contributed by atoms with van der Waals surface area (Å²) in [6.45, 7) is 3.99. The molecular formula is C20H21N5O2. The number of hydrogen-bond acceptors (Lipinski definition) is 5. The Kier molecular flexibility index (Phi) is 4.93. The number of aromatic nitrogens is 4. The van der Waals surface area contributed by atoms with Crippen molar-refractivity contribution < 1.29 is 9.53 Å². The van der Waals surface area contributed by atoms with E-state index < -0.39 is 0 Å². The Morgan fingerprint density at radius 1 is 1.11 bits per heavy atom. The SMILES string of the molecule is CC[C@@H]1CN(C(=O)c2ccc(-c3ccc(-n4cnnc4)nc3)cc2)CCO1. The van der Waals surface area contributed by atoms with Crippen LogP contribution in [0.4, 0.5) is 0 Å². The van der Waals surface area contributed by atoms with Gasteiger partial charge in [-0.15, -0.1) is 10.2 Å². The molecule has 7 nitrogen and oxygen atoms in total. The number of hydrogen-bond donors (Lipinski definition) is 0. The van der Waals surface area contributed by atoms with E-state index in [1.54, 1.807) is 23.4 Å². The molecule has 1 fully saturated rings. The Hall–Kier alpha value is -3.06. The van der Waals surface area contributed by atoms with Gasteiger partial charge in [-0.2, -0.15) is 0 Å². The molecule has 1 amide bonds. The lowest BCUT2D eigenvalue weighted by Crippen LogP contribution is -2.45. The van der Waals surface area contributed by atoms with Crippen molar-refractivity contribution in [1.82, 2.24) is 24.6 Å². The summed E-state index contributed by atoms with van der Waals surface area (Å²) in [5.74, 6) is 0.817. The zero-order valence-corrected chi connectivity index (χ0v) is 15.2. The first-order valence-electron chi connectivity index (χ1n) is 9.07. The van der Waals surface area contributed by atoms with Crippen molar-refractivity contribution in [2.24, 2.45) is 0 Å². The summed E-state index contributed by atoms with van der Waals surface area (Å²) in [6, 6.07) is 11.6. The predicted molar refractivity (Wildman–Crippen MR) is 101 cm³/mol. The standard InChI is InChI=1S/C20H21N5O2/c1-2-18-12-24(9-10-27-18)20(26)16-5-3-15(4-6-16)17-7-8-19(21-11-17)25-13-22-23-14-25/h3-8,11,13-14,18H,2,9-10,12H2,1H3/t18-/m1/s1. The number of amides is 1. The first-order valence-corrected chi connectivity index (χ1v) is 9.07. The van der Waals surface area contributed by atoms with Crippen LogP contribution >= 0.6 is 0 Å². The van der Waals surface area contributed by atoms with Crippen LogP contribution in [0.1, 0.15) is 23.7 Å². The van der Waals surface area contributed by atoms with Crippen molar-refractivity contribution in [3.63, 3.8) is 0 Å². The molecular weight excluding hydrogens is 342 g/mol. The number of ether oxygens (including phenoxy) is 1. The third-order valence-electron chi connectivity index (χ3n) is 4.78. The second-order valence-electron chi connectivity index (χ2n) is 6.50. The van der Waals surface area contributed by atoms with Crippen LogP contribution in [0.5, 0.6) is 0 Å². The quantitative estimate of drug-likeness (QED) is 0.712. The Balaban J connectivity index is 1.48. The fourth-order valence-corrected chi connectivity index (χ4v) is 3.17. The van der Waals surface area contributed by atoms with Gasteiger partial charge in [0.25, 0.3) is 5.91 Å². The fourth-order valence-electron chi connectivity index (χ4n) is 3.17. The molecule has 4 rings (SSSR count). The molecule has 0 aliphatic carbocycles. The van der Waals surface area contributed by atoms with Gasteiger partial charge >= 0.3 is 0 Å². The molecule has 0 unspecified atom stereocenters. The van der Waals surface area contributed by atoms with Crippen LogP contribution in [-0.2, 0) is 4.74 Å². The molecule has 138 valence electrons. The van der Waals surface area contributed by atoms with Crippen LogP contribution in [0.3, 0.4) is 0 Å². The number of benzene rings is 1. The van der Waals surface area contributed by atoms with Crippen LogP contribution in [0.2, 0.25) is 0 Å². The maximum atomic E-state index is 12.7. The zero-order chi connectivity index (χ0) is 18.6. The highest BCUT2D eigenvalue weighted by Gasteiger charge is 2.23. The maximum absolute atomic E-state index is 12.7. The number of carbonyl (C=O) groups is 1. The lowest BCUT2D eigenvalue weighted by molar-refractivity contribution is -0.0226. The number of rotatable bonds is 4. The topological polar surface area (TPSA) is 73.1 Å². The molecule has 0 spiro atoms. The highest BCUT2D eigenvalue weighted by molar-refractivity contribution is 5.94. The van der Waals surface area contributed by atoms with Crippen molar-refractivity contribution in [1.29, 1.82) is 0 Å². The molecule has 0 saturated carbocycles. The van der Waals surface area contributed by atoms with Gasteiger partial charge in [-0.25, -0.2) is 4.98 Å². The van der Waals surface area contributed by atoms with E-state index in [2.05, 4.69) is 22.1 Å². The molecule has 0 radical (unpaired) electrons. The summed E-state index contributed by atoms with van der Waals surface area (Å²) >= 11 is 0. The van der Waals surface area contributed by atoms with Gasteiger partial charge in [0.15, 0.2) is 0 Å². The average molecular weight is 363 g/mol. The van der Waals surface area contributed by atoms with Gasteiger partial charge in [-0.05, 0) is 36.2 Å². The van der Waals surface area contributed by atoms with Crippen molar-refractivity contribution in [2.75, 3.05) is 19.7 Å². The Morgan fingerprint density at radius 2 is 1.85 bits per heavy atom. The van der Waals surface area contributed by atoms with E-state index in [1.165, 1.54) is 0 Å². The van der Waals surface area contributed by atoms with Gasteiger partial charge in [-0.3, -0.25) is 9.36 Å². The molecule has 27 heavy (non-hydrogen) atoms. The Bertz CT molecular complexity index is 891. The van der Waals surface area contributed by atoms with E-state index in [0.29, 0.717) is 25.3 Å². The minimum absolute atomic E-state index is 0.0596. The maximum Gasteiger partial charge on any atom is 0.254 e. The molecule has 1 aliphatic rings. The molecule has 3 aromatic rings. The Labute approximate surface area is 157 Å². The van der Waals surface area contributed by atoms with E-state index in [9.17, 15) is 4.79 Å². The summed E-state index contributed by atoms with van der Waals surface area (Å²) in [6.07, 6.45) is 6.08. The highest BCUT2D eigenvalue weighted by atomic mass is 16.5. The second-order valence-corrected chi connectivity index (χ2v) is 6.50. The number of carbonyl (C=O) groups excluding carboxylic acids is 1. The summed E-state index contributed by atoms with van der Waals surface area (Å²) in [5.41, 5.74) is 2.70. The summed E-state index contributed by atoms with van der Waals surface area (Å²) in [7, 11) is 0. The third-order valence-corrected chi connectivity index (χ3v) is 4.78. The van der Waals surface area contributed by atoms with Crippen molar-refractivity contribution in [2.45, 2.75) is 19.4 Å². The van der Waals surface area contributed by atoms with Crippen molar-refractivity contribution >= 4 is 5.91 Å². The number of nitrogens with zero attached hydrogens (tertiary/aromatic N) is 5. The first-order chi connectivity index (χ1) is 13.2. The van der Waals surface area contributed by atoms with E-state index in [0.717, 1.165) is 23.4 Å². The largest absolute Gasteiger partial charge is 0.375 e. The molecule has 3 heterocycles. The molecule has 1 atom stereocenters. The van der Waals surface area contributed by atoms with E-state index in [1.807, 2.05) is 41.3 Å². The number of pyridine rings is 1. The number of morpholine rings is 1. The van der Waals surface area contributed by atoms with Crippen LogP contribution in [-0.4, -0.2) is 56.4 Å². The summed E-state index contributed by atoms with van der Waals surface area (Å²) < 4.78 is 7.39.